The zero-order valence-corrected chi connectivity index (χ0v) is 10.2. The van der Waals surface area contributed by atoms with E-state index in [4.69, 9.17) is 10.5 Å². The molecule has 0 saturated heterocycles. The summed E-state index contributed by atoms with van der Waals surface area (Å²) in [5, 5.41) is 2.01. The van der Waals surface area contributed by atoms with Crippen molar-refractivity contribution in [3.8, 4) is 0 Å². The first-order chi connectivity index (χ1) is 8.29. The Kier molecular flexibility index (Phi) is 4.25. The molecule has 4 heteroatoms. The fraction of sp³-hybridized carbons (Fsp3) is 0.231. The molecule has 0 aliphatic rings. The second-order valence-corrected chi connectivity index (χ2v) is 4.72. The first kappa shape index (κ1) is 12.2. The molecule has 17 heavy (non-hydrogen) atoms. The number of benzene rings is 1. The van der Waals surface area contributed by atoms with Gasteiger partial charge in [0.1, 0.15) is 5.82 Å². The van der Waals surface area contributed by atoms with Crippen LogP contribution in [0.3, 0.4) is 0 Å². The molecule has 90 valence electrons. The Morgan fingerprint density at radius 3 is 2.76 bits per heavy atom. The predicted molar refractivity (Wildman–Crippen MR) is 67.1 cm³/mol. The first-order valence-electron chi connectivity index (χ1n) is 5.37. The van der Waals surface area contributed by atoms with Crippen LogP contribution in [0.4, 0.5) is 4.39 Å². The molecule has 0 saturated carbocycles. The van der Waals surface area contributed by atoms with E-state index in [0.717, 1.165) is 16.0 Å². The number of ether oxygens (including phenoxy) is 1. The highest BCUT2D eigenvalue weighted by molar-refractivity contribution is 7.09. The minimum absolute atomic E-state index is 0.253. The van der Waals surface area contributed by atoms with Crippen LogP contribution < -0.4 is 5.73 Å². The molecule has 0 spiro atoms. The van der Waals surface area contributed by atoms with Gasteiger partial charge in [-0.15, -0.1) is 11.3 Å². The molecule has 0 radical (unpaired) electrons. The highest BCUT2D eigenvalue weighted by Crippen LogP contribution is 2.15. The maximum Gasteiger partial charge on any atom is 0.123 e. The minimum atomic E-state index is -0.253. The van der Waals surface area contributed by atoms with Crippen LogP contribution in [0.1, 0.15) is 16.0 Å². The van der Waals surface area contributed by atoms with Crippen molar-refractivity contribution in [1.82, 2.24) is 0 Å². The summed E-state index contributed by atoms with van der Waals surface area (Å²) >= 11 is 1.65. The number of nitrogens with two attached hydrogens (primary N) is 1. The van der Waals surface area contributed by atoms with Gasteiger partial charge in [-0.05, 0) is 34.7 Å². The minimum Gasteiger partial charge on any atom is -0.371 e. The normalized spacial score (nSPS) is 10.7. The maximum atomic E-state index is 13.1. The molecule has 0 aliphatic carbocycles. The van der Waals surface area contributed by atoms with Crippen LogP contribution in [0.25, 0.3) is 0 Å². The molecule has 0 atom stereocenters. The van der Waals surface area contributed by atoms with Crippen molar-refractivity contribution in [2.45, 2.75) is 19.8 Å². The average molecular weight is 251 g/mol. The zero-order valence-electron chi connectivity index (χ0n) is 9.36. The van der Waals surface area contributed by atoms with Gasteiger partial charge in [0.15, 0.2) is 0 Å². The largest absolute Gasteiger partial charge is 0.371 e. The third-order valence-corrected chi connectivity index (χ3v) is 3.32. The van der Waals surface area contributed by atoms with Crippen LogP contribution >= 0.6 is 11.3 Å². The molecule has 0 fully saturated rings. The van der Waals surface area contributed by atoms with E-state index in [1.807, 2.05) is 17.5 Å². The summed E-state index contributed by atoms with van der Waals surface area (Å²) in [6, 6.07) is 8.61. The Morgan fingerprint density at radius 2 is 2.06 bits per heavy atom. The summed E-state index contributed by atoms with van der Waals surface area (Å²) in [5.74, 6) is -0.253. The quantitative estimate of drug-likeness (QED) is 0.886. The molecule has 2 rings (SSSR count). The average Bonchev–Trinajstić information content (AvgIpc) is 2.82. The van der Waals surface area contributed by atoms with Crippen molar-refractivity contribution >= 4 is 11.3 Å². The van der Waals surface area contributed by atoms with Gasteiger partial charge in [-0.2, -0.15) is 0 Å². The summed E-state index contributed by atoms with van der Waals surface area (Å²) in [6.07, 6.45) is 0. The number of hydrogen-bond donors (Lipinski definition) is 1. The predicted octanol–water partition coefficient (Wildman–Crippen LogP) is 3.06. The van der Waals surface area contributed by atoms with E-state index in [1.165, 1.54) is 12.1 Å². The molecule has 2 nitrogen and oxygen atoms in total. The summed E-state index contributed by atoms with van der Waals surface area (Å²) in [6.45, 7) is 1.35. The number of hydrogen-bond acceptors (Lipinski definition) is 3. The second kappa shape index (κ2) is 5.91. The van der Waals surface area contributed by atoms with E-state index in [-0.39, 0.29) is 5.82 Å². The number of rotatable bonds is 5. The van der Waals surface area contributed by atoms with Gasteiger partial charge in [0, 0.05) is 11.4 Å². The molecular formula is C13H14FNOS. The number of halogens is 1. The van der Waals surface area contributed by atoms with E-state index in [2.05, 4.69) is 0 Å². The fourth-order valence-corrected chi connectivity index (χ4v) is 2.22. The molecule has 0 unspecified atom stereocenters. The Labute approximate surface area is 104 Å². The Morgan fingerprint density at radius 1 is 1.18 bits per heavy atom. The van der Waals surface area contributed by atoms with Gasteiger partial charge in [-0.1, -0.05) is 12.1 Å². The molecule has 0 amide bonds. The second-order valence-electron chi connectivity index (χ2n) is 3.69. The highest BCUT2D eigenvalue weighted by Gasteiger charge is 2.03. The van der Waals surface area contributed by atoms with Gasteiger partial charge in [-0.3, -0.25) is 0 Å². The molecule has 1 aromatic heterocycles. The fourth-order valence-electron chi connectivity index (χ4n) is 1.58. The summed E-state index contributed by atoms with van der Waals surface area (Å²) in [4.78, 5) is 1.16. The Balaban J connectivity index is 1.96. The van der Waals surface area contributed by atoms with Crippen LogP contribution in [-0.2, 0) is 24.5 Å². The molecule has 1 heterocycles. The Hall–Kier alpha value is -1.23. The lowest BCUT2D eigenvalue weighted by atomic mass is 10.1. The van der Waals surface area contributed by atoms with E-state index < -0.39 is 0 Å². The third kappa shape index (κ3) is 3.36. The number of thiophene rings is 1. The van der Waals surface area contributed by atoms with Crippen molar-refractivity contribution in [3.05, 3.63) is 57.5 Å². The SMILES string of the molecule is NCc1ccc(F)cc1COCc1cccs1. The van der Waals surface area contributed by atoms with E-state index >= 15 is 0 Å². The third-order valence-electron chi connectivity index (χ3n) is 2.47. The van der Waals surface area contributed by atoms with Crippen molar-refractivity contribution < 1.29 is 9.13 Å². The summed E-state index contributed by atoms with van der Waals surface area (Å²) < 4.78 is 18.6. The van der Waals surface area contributed by atoms with Crippen molar-refractivity contribution in [1.29, 1.82) is 0 Å². The maximum absolute atomic E-state index is 13.1. The van der Waals surface area contributed by atoms with Crippen molar-refractivity contribution in [3.63, 3.8) is 0 Å². The van der Waals surface area contributed by atoms with Crippen LogP contribution in [-0.4, -0.2) is 0 Å². The molecule has 2 N–H and O–H groups in total. The highest BCUT2D eigenvalue weighted by atomic mass is 32.1. The van der Waals surface area contributed by atoms with E-state index in [1.54, 1.807) is 17.4 Å². The van der Waals surface area contributed by atoms with Crippen LogP contribution in [0.5, 0.6) is 0 Å². The molecule has 1 aromatic carbocycles. The first-order valence-corrected chi connectivity index (χ1v) is 6.25. The Bertz CT molecular complexity index is 470. The van der Waals surface area contributed by atoms with Crippen LogP contribution in [0.2, 0.25) is 0 Å². The van der Waals surface area contributed by atoms with Crippen molar-refractivity contribution in [2.24, 2.45) is 5.73 Å². The smallest absolute Gasteiger partial charge is 0.123 e. The standard InChI is InChI=1S/C13H14FNOS/c14-12-4-3-10(7-15)11(6-12)8-16-9-13-2-1-5-17-13/h1-6H,7-9,15H2. The van der Waals surface area contributed by atoms with Gasteiger partial charge < -0.3 is 10.5 Å². The molecular weight excluding hydrogens is 237 g/mol. The summed E-state index contributed by atoms with van der Waals surface area (Å²) in [5.41, 5.74) is 7.34. The molecule has 2 aromatic rings. The van der Waals surface area contributed by atoms with Gasteiger partial charge in [-0.25, -0.2) is 4.39 Å². The molecule has 0 bridgehead atoms. The van der Waals surface area contributed by atoms with E-state index in [9.17, 15) is 4.39 Å². The van der Waals surface area contributed by atoms with Crippen molar-refractivity contribution in [2.75, 3.05) is 0 Å². The monoisotopic (exact) mass is 251 g/mol. The summed E-state index contributed by atoms with van der Waals surface area (Å²) in [7, 11) is 0. The van der Waals surface area contributed by atoms with Gasteiger partial charge in [0.05, 0.1) is 13.2 Å². The molecule has 0 aliphatic heterocycles. The lowest BCUT2D eigenvalue weighted by molar-refractivity contribution is 0.108. The lowest BCUT2D eigenvalue weighted by Gasteiger charge is -2.08. The topological polar surface area (TPSA) is 35.2 Å². The van der Waals surface area contributed by atoms with E-state index in [0.29, 0.717) is 19.8 Å². The van der Waals surface area contributed by atoms with Gasteiger partial charge >= 0.3 is 0 Å². The zero-order chi connectivity index (χ0) is 12.1. The lowest BCUT2D eigenvalue weighted by Crippen LogP contribution is -2.03. The van der Waals surface area contributed by atoms with Crippen LogP contribution in [0.15, 0.2) is 35.7 Å². The van der Waals surface area contributed by atoms with Gasteiger partial charge in [0.2, 0.25) is 0 Å². The van der Waals surface area contributed by atoms with Gasteiger partial charge in [0.25, 0.3) is 0 Å². The van der Waals surface area contributed by atoms with Crippen LogP contribution in [0, 0.1) is 5.82 Å².